The van der Waals surface area contributed by atoms with Crippen LogP contribution < -0.4 is 4.90 Å². The van der Waals surface area contributed by atoms with Gasteiger partial charge in [0.2, 0.25) is 0 Å². The molecule has 0 bridgehead atoms. The van der Waals surface area contributed by atoms with Gasteiger partial charge >= 0.3 is 0 Å². The van der Waals surface area contributed by atoms with E-state index in [1.807, 2.05) is 77.4 Å². The highest BCUT2D eigenvalue weighted by Gasteiger charge is 2.39. The number of hydrogen-bond acceptors (Lipinski definition) is 3. The maximum absolute atomic E-state index is 13.9. The van der Waals surface area contributed by atoms with Crippen molar-refractivity contribution in [2.45, 2.75) is 0 Å². The van der Waals surface area contributed by atoms with Gasteiger partial charge in [0, 0.05) is 21.9 Å². The van der Waals surface area contributed by atoms with Crippen molar-refractivity contribution in [2.24, 2.45) is 0 Å². The van der Waals surface area contributed by atoms with Crippen molar-refractivity contribution in [3.8, 4) is 5.69 Å². The number of fused-ring (bicyclic) bond motifs is 4. The number of rotatable bonds is 4. The van der Waals surface area contributed by atoms with Crippen LogP contribution in [0.5, 0.6) is 0 Å². The maximum atomic E-state index is 13.9. The van der Waals surface area contributed by atoms with Crippen molar-refractivity contribution in [1.29, 1.82) is 0 Å². The second-order valence-corrected chi connectivity index (χ2v) is 9.23. The highest BCUT2D eigenvalue weighted by molar-refractivity contribution is 6.36. The molecule has 0 radical (unpaired) electrons. The first-order chi connectivity index (χ1) is 18.6. The lowest BCUT2D eigenvalue weighted by Crippen LogP contribution is -2.29. The fourth-order valence-corrected chi connectivity index (χ4v) is 5.46. The molecule has 0 saturated heterocycles. The van der Waals surface area contributed by atoms with Crippen molar-refractivity contribution in [2.75, 3.05) is 4.90 Å². The predicted molar refractivity (Wildman–Crippen MR) is 148 cm³/mol. The zero-order chi connectivity index (χ0) is 25.8. The van der Waals surface area contributed by atoms with E-state index >= 15 is 0 Å². The Bertz CT molecular complexity index is 1920. The summed E-state index contributed by atoms with van der Waals surface area (Å²) in [6.45, 7) is 0. The number of hydrogen-bond donors (Lipinski definition) is 0. The molecule has 0 unspecified atom stereocenters. The Morgan fingerprint density at radius 1 is 0.579 bits per heavy atom. The number of aromatic nitrogens is 1. The van der Waals surface area contributed by atoms with Crippen LogP contribution in [-0.4, -0.2) is 22.2 Å². The number of carbonyl (C=O) groups excluding carboxylic acids is 3. The lowest BCUT2D eigenvalue weighted by atomic mass is 10.00. The van der Waals surface area contributed by atoms with Crippen LogP contribution in [0.2, 0.25) is 0 Å². The quantitative estimate of drug-likeness (QED) is 0.201. The van der Waals surface area contributed by atoms with Crippen LogP contribution in [0, 0.1) is 0 Å². The average Bonchev–Trinajstić information content (AvgIpc) is 3.45. The molecule has 38 heavy (non-hydrogen) atoms. The minimum absolute atomic E-state index is 0.110. The molecule has 0 fully saturated rings. The van der Waals surface area contributed by atoms with Crippen molar-refractivity contribution >= 4 is 45.1 Å². The van der Waals surface area contributed by atoms with Gasteiger partial charge in [-0.05, 0) is 36.4 Å². The van der Waals surface area contributed by atoms with Crippen LogP contribution in [0.3, 0.4) is 0 Å². The number of imide groups is 1. The largest absolute Gasteiger partial charge is 0.308 e. The van der Waals surface area contributed by atoms with Crippen molar-refractivity contribution in [3.05, 3.63) is 144 Å². The van der Waals surface area contributed by atoms with E-state index in [9.17, 15) is 14.4 Å². The number of anilines is 1. The van der Waals surface area contributed by atoms with E-state index in [1.165, 1.54) is 4.90 Å². The summed E-state index contributed by atoms with van der Waals surface area (Å²) in [6.07, 6.45) is 0. The van der Waals surface area contributed by atoms with Crippen LogP contribution in [-0.2, 0) is 0 Å². The van der Waals surface area contributed by atoms with E-state index in [0.717, 1.165) is 16.3 Å². The zero-order valence-corrected chi connectivity index (χ0v) is 20.2. The molecule has 7 rings (SSSR count). The van der Waals surface area contributed by atoms with Gasteiger partial charge in [-0.25, -0.2) is 4.90 Å². The van der Waals surface area contributed by atoms with Gasteiger partial charge in [-0.15, -0.1) is 0 Å². The Morgan fingerprint density at radius 2 is 1.24 bits per heavy atom. The Morgan fingerprint density at radius 3 is 2.03 bits per heavy atom. The lowest BCUT2D eigenvalue weighted by molar-refractivity contribution is 0.0925. The van der Waals surface area contributed by atoms with Gasteiger partial charge in [0.15, 0.2) is 5.78 Å². The van der Waals surface area contributed by atoms with E-state index in [1.54, 1.807) is 48.5 Å². The van der Waals surface area contributed by atoms with E-state index in [0.29, 0.717) is 39.1 Å². The standard InChI is InChI=1S/C33H20N2O3/c36-31(21-11-3-1-4-12-21)26-18-9-16-24-23-15-7-8-19-27(23)35(30(24)26)28-20-10-17-25-29(28)33(38)34(32(25)37)22-13-5-2-6-14-22/h1-20H. The molecule has 0 N–H and O–H groups in total. The number of amides is 2. The smallest absolute Gasteiger partial charge is 0.268 e. The number of carbonyl (C=O) groups is 3. The molecule has 2 amide bonds. The first-order valence-electron chi connectivity index (χ1n) is 12.3. The van der Waals surface area contributed by atoms with E-state index in [2.05, 4.69) is 0 Å². The number of benzene rings is 5. The van der Waals surface area contributed by atoms with E-state index < -0.39 is 0 Å². The summed E-state index contributed by atoms with van der Waals surface area (Å²) in [6, 6.07) is 37.0. The van der Waals surface area contributed by atoms with Crippen LogP contribution in [0.15, 0.2) is 121 Å². The topological polar surface area (TPSA) is 59.4 Å². The summed E-state index contributed by atoms with van der Waals surface area (Å²) < 4.78 is 1.96. The summed E-state index contributed by atoms with van der Waals surface area (Å²) in [5.41, 5.74) is 4.42. The molecule has 0 aliphatic carbocycles. The van der Waals surface area contributed by atoms with Crippen molar-refractivity contribution in [1.82, 2.24) is 4.57 Å². The SMILES string of the molecule is O=C(c1ccccc1)c1cccc2c3ccccc3n(-c3cccc4c3C(=O)N(c3ccccc3)C4=O)c12. The van der Waals surface area contributed by atoms with Gasteiger partial charge in [-0.3, -0.25) is 14.4 Å². The molecule has 180 valence electrons. The van der Waals surface area contributed by atoms with Crippen LogP contribution in [0.4, 0.5) is 5.69 Å². The Balaban J connectivity index is 1.54. The monoisotopic (exact) mass is 492 g/mol. The second kappa shape index (κ2) is 8.39. The Kier molecular flexibility index (Phi) is 4.85. The molecule has 1 aliphatic heterocycles. The first-order valence-corrected chi connectivity index (χ1v) is 12.3. The van der Waals surface area contributed by atoms with Gasteiger partial charge in [-0.2, -0.15) is 0 Å². The first kappa shape index (κ1) is 21.9. The van der Waals surface area contributed by atoms with Crippen LogP contribution >= 0.6 is 0 Å². The van der Waals surface area contributed by atoms with Gasteiger partial charge in [0.25, 0.3) is 11.8 Å². The number of nitrogens with zero attached hydrogens (tertiary/aromatic N) is 2. The maximum Gasteiger partial charge on any atom is 0.268 e. The minimum Gasteiger partial charge on any atom is -0.308 e. The second-order valence-electron chi connectivity index (χ2n) is 9.23. The van der Waals surface area contributed by atoms with Gasteiger partial charge in [0.1, 0.15) is 0 Å². The molecule has 2 heterocycles. The summed E-state index contributed by atoms with van der Waals surface area (Å²) in [5, 5.41) is 1.86. The van der Waals surface area contributed by atoms with Crippen LogP contribution in [0.1, 0.15) is 36.6 Å². The molecule has 0 spiro atoms. The molecular weight excluding hydrogens is 472 g/mol. The molecule has 6 aromatic rings. The molecule has 5 heteroatoms. The molecule has 5 nitrogen and oxygen atoms in total. The van der Waals surface area contributed by atoms with Gasteiger partial charge < -0.3 is 4.57 Å². The Hall–Kier alpha value is -5.29. The summed E-state index contributed by atoms with van der Waals surface area (Å²) in [7, 11) is 0. The van der Waals surface area contributed by atoms with Gasteiger partial charge in [0.05, 0.1) is 33.5 Å². The molecule has 1 aromatic heterocycles. The lowest BCUT2D eigenvalue weighted by Gasteiger charge is -2.15. The normalized spacial score (nSPS) is 12.9. The summed E-state index contributed by atoms with van der Waals surface area (Å²) >= 11 is 0. The zero-order valence-electron chi connectivity index (χ0n) is 20.2. The molecular formula is C33H20N2O3. The minimum atomic E-state index is -0.385. The van der Waals surface area contributed by atoms with E-state index in [-0.39, 0.29) is 17.6 Å². The average molecular weight is 493 g/mol. The molecule has 0 atom stereocenters. The van der Waals surface area contributed by atoms with Crippen LogP contribution in [0.25, 0.3) is 27.5 Å². The Labute approximate surface area is 218 Å². The highest BCUT2D eigenvalue weighted by atomic mass is 16.2. The number of ketones is 1. The number of para-hydroxylation sites is 3. The van der Waals surface area contributed by atoms with Gasteiger partial charge in [-0.1, -0.05) is 84.9 Å². The molecule has 1 aliphatic rings. The predicted octanol–water partition coefficient (Wildman–Crippen LogP) is 6.82. The third kappa shape index (κ3) is 3.09. The fourth-order valence-electron chi connectivity index (χ4n) is 5.46. The molecule has 5 aromatic carbocycles. The van der Waals surface area contributed by atoms with E-state index in [4.69, 9.17) is 0 Å². The highest BCUT2D eigenvalue weighted by Crippen LogP contribution is 2.39. The molecule has 0 saturated carbocycles. The van der Waals surface area contributed by atoms with Crippen molar-refractivity contribution < 1.29 is 14.4 Å². The van der Waals surface area contributed by atoms with Crippen molar-refractivity contribution in [3.63, 3.8) is 0 Å². The third-order valence-electron chi connectivity index (χ3n) is 7.12. The summed E-state index contributed by atoms with van der Waals surface area (Å²) in [4.78, 5) is 42.3. The summed E-state index contributed by atoms with van der Waals surface area (Å²) in [5.74, 6) is -0.856. The fraction of sp³-hybridized carbons (Fsp3) is 0. The third-order valence-corrected chi connectivity index (χ3v) is 7.12.